The van der Waals surface area contributed by atoms with Gasteiger partial charge in [0.05, 0.1) is 5.56 Å². The number of carbonyl (C=O) groups is 3. The number of aliphatic hydroxyl groups excluding tert-OH is 2. The highest BCUT2D eigenvalue weighted by Crippen LogP contribution is 2.65. The number of allylic oxidation sites excluding steroid dienone is 2. The van der Waals surface area contributed by atoms with Crippen LogP contribution in [-0.4, -0.2) is 43.4 Å². The molecule has 0 aliphatic heterocycles. The highest BCUT2D eigenvalue weighted by molar-refractivity contribution is 6.25. The summed E-state index contributed by atoms with van der Waals surface area (Å²) in [5.41, 5.74) is -3.19. The van der Waals surface area contributed by atoms with Crippen LogP contribution in [0.4, 0.5) is 0 Å². The maximum Gasteiger partial charge on any atom is 0.209 e. The summed E-state index contributed by atoms with van der Waals surface area (Å²) >= 11 is 0. The first-order chi connectivity index (χ1) is 17.1. The Balaban J connectivity index is 2.08. The third kappa shape index (κ3) is 3.32. The Bertz CT molecular complexity index is 1300. The zero-order chi connectivity index (χ0) is 27.8. The third-order valence-corrected chi connectivity index (χ3v) is 9.08. The first kappa shape index (κ1) is 27.1. The van der Waals surface area contributed by atoms with E-state index in [0.29, 0.717) is 24.8 Å². The van der Waals surface area contributed by atoms with Crippen LogP contribution < -0.4 is 0 Å². The molecule has 0 aromatic heterocycles. The smallest absolute Gasteiger partial charge is 0.209 e. The Morgan fingerprint density at radius 2 is 1.73 bits per heavy atom. The summed E-state index contributed by atoms with van der Waals surface area (Å²) in [4.78, 5) is 40.3. The normalized spacial score (nSPS) is 31.4. The molecule has 7 nitrogen and oxygen atoms in total. The van der Waals surface area contributed by atoms with E-state index in [1.165, 1.54) is 0 Å². The first-order valence-corrected chi connectivity index (χ1v) is 13.2. The zero-order valence-corrected chi connectivity index (χ0v) is 22.8. The number of carbonyl (C=O) groups excluding carboxylic acids is 3. The second kappa shape index (κ2) is 8.55. The van der Waals surface area contributed by atoms with E-state index in [1.54, 1.807) is 6.92 Å². The van der Waals surface area contributed by atoms with E-state index in [2.05, 4.69) is 0 Å². The molecule has 7 heteroatoms. The molecule has 1 aromatic carbocycles. The summed E-state index contributed by atoms with van der Waals surface area (Å²) < 4.78 is 0. The van der Waals surface area contributed by atoms with Crippen LogP contribution in [-0.2, 0) is 28.9 Å². The maximum absolute atomic E-state index is 14.1. The fourth-order valence-electron chi connectivity index (χ4n) is 7.70. The van der Waals surface area contributed by atoms with Crippen LogP contribution in [0.25, 0.3) is 0 Å². The number of fused-ring (bicyclic) bond motifs is 3. The third-order valence-electron chi connectivity index (χ3n) is 9.08. The van der Waals surface area contributed by atoms with Gasteiger partial charge in [0.2, 0.25) is 5.78 Å². The Labute approximate surface area is 217 Å². The number of aliphatic hydroxyl groups is 3. The van der Waals surface area contributed by atoms with Crippen LogP contribution in [0.1, 0.15) is 88.4 Å². The maximum atomic E-state index is 14.1. The molecule has 1 unspecified atom stereocenters. The van der Waals surface area contributed by atoms with Gasteiger partial charge in [0.25, 0.3) is 0 Å². The van der Waals surface area contributed by atoms with E-state index in [1.807, 2.05) is 40.7 Å². The van der Waals surface area contributed by atoms with Gasteiger partial charge in [-0.25, -0.2) is 0 Å². The average Bonchev–Trinajstić information content (AvgIpc) is 2.77. The van der Waals surface area contributed by atoms with Crippen molar-refractivity contribution in [3.63, 3.8) is 0 Å². The highest BCUT2D eigenvalue weighted by atomic mass is 16.3. The van der Waals surface area contributed by atoms with Gasteiger partial charge in [0.15, 0.2) is 17.2 Å². The van der Waals surface area contributed by atoms with Gasteiger partial charge in [0.1, 0.15) is 22.8 Å². The summed E-state index contributed by atoms with van der Waals surface area (Å²) in [6.07, 6.45) is 2.48. The topological polar surface area (TPSA) is 132 Å². The SMILES string of the molecule is CCCc1cc(CC)c(O)c2c1C[C@]1(C)C[C@]3(C)C(C(C)C)C(O)=C(C(C)=O)C(=O)[C@]3(O)C(O)=C1C2=O. The van der Waals surface area contributed by atoms with Gasteiger partial charge in [-0.15, -0.1) is 0 Å². The van der Waals surface area contributed by atoms with Crippen LogP contribution >= 0.6 is 0 Å². The van der Waals surface area contributed by atoms with Gasteiger partial charge in [-0.1, -0.05) is 54.0 Å². The molecule has 1 aromatic rings. The first-order valence-electron chi connectivity index (χ1n) is 13.2. The van der Waals surface area contributed by atoms with Crippen molar-refractivity contribution in [3.8, 4) is 5.75 Å². The summed E-state index contributed by atoms with van der Waals surface area (Å²) in [6, 6.07) is 1.94. The monoisotopic (exact) mass is 510 g/mol. The lowest BCUT2D eigenvalue weighted by Crippen LogP contribution is -2.67. The molecule has 4 atom stereocenters. The van der Waals surface area contributed by atoms with E-state index in [0.717, 1.165) is 24.5 Å². The van der Waals surface area contributed by atoms with Crippen LogP contribution in [0.5, 0.6) is 5.75 Å². The minimum Gasteiger partial charge on any atom is -0.511 e. The lowest BCUT2D eigenvalue weighted by Gasteiger charge is -2.59. The van der Waals surface area contributed by atoms with Crippen molar-refractivity contribution in [3.05, 3.63) is 51.0 Å². The highest BCUT2D eigenvalue weighted by Gasteiger charge is 2.71. The molecule has 3 aliphatic rings. The van der Waals surface area contributed by atoms with Crippen molar-refractivity contribution in [2.24, 2.45) is 22.7 Å². The molecule has 200 valence electrons. The Hall–Kier alpha value is -2.93. The summed E-state index contributed by atoms with van der Waals surface area (Å²) in [6.45, 7) is 12.2. The van der Waals surface area contributed by atoms with Gasteiger partial charge in [0, 0.05) is 22.3 Å². The predicted octanol–water partition coefficient (Wildman–Crippen LogP) is 4.86. The van der Waals surface area contributed by atoms with Crippen LogP contribution in [0.2, 0.25) is 0 Å². The molecule has 0 saturated carbocycles. The number of phenols is 1. The number of rotatable bonds is 5. The summed E-state index contributed by atoms with van der Waals surface area (Å²) in [5.74, 6) is -4.84. The standard InChI is InChI=1S/C30H38O7/c1-8-10-17-11-16(9-2)23(32)20-18(17)12-28(6)13-29(7)21(14(3)4)24(33)19(15(5)31)26(35)30(29,37)27(36)22(28)25(20)34/h11,14,21,32-33,36-37H,8-10,12-13H2,1-7H3/t21?,28-,29-,30+/m1/s1. The van der Waals surface area contributed by atoms with E-state index in [-0.39, 0.29) is 35.0 Å². The van der Waals surface area contributed by atoms with Crippen LogP contribution in [0.15, 0.2) is 28.7 Å². The molecule has 4 rings (SSSR count). The molecule has 0 heterocycles. The Morgan fingerprint density at radius 3 is 2.24 bits per heavy atom. The lowest BCUT2D eigenvalue weighted by atomic mass is 9.44. The molecule has 4 N–H and O–H groups in total. The van der Waals surface area contributed by atoms with Crippen molar-refractivity contribution in [1.29, 1.82) is 0 Å². The van der Waals surface area contributed by atoms with Crippen molar-refractivity contribution in [2.75, 3.05) is 0 Å². The van der Waals surface area contributed by atoms with Crippen molar-refractivity contribution in [1.82, 2.24) is 0 Å². The Kier molecular flexibility index (Phi) is 6.27. The minimum absolute atomic E-state index is 0.104. The van der Waals surface area contributed by atoms with Crippen molar-refractivity contribution in [2.45, 2.75) is 86.2 Å². The molecule has 0 fully saturated rings. The number of aromatic hydroxyl groups is 1. The number of phenolic OH excluding ortho intramolecular Hbond substituents is 1. The van der Waals surface area contributed by atoms with Crippen LogP contribution in [0, 0.1) is 22.7 Å². The number of hydrogen-bond acceptors (Lipinski definition) is 7. The lowest BCUT2D eigenvalue weighted by molar-refractivity contribution is -0.171. The van der Waals surface area contributed by atoms with Crippen molar-refractivity contribution < 1.29 is 34.8 Å². The zero-order valence-electron chi connectivity index (χ0n) is 22.8. The number of Topliss-reactive ketones (excluding diaryl/α,β-unsaturated/α-hetero) is 3. The number of ketones is 3. The molecule has 0 spiro atoms. The predicted molar refractivity (Wildman–Crippen MR) is 139 cm³/mol. The summed E-state index contributed by atoms with van der Waals surface area (Å²) in [5, 5.41) is 46.1. The number of benzene rings is 1. The second-order valence-electron chi connectivity index (χ2n) is 12.0. The van der Waals surface area contributed by atoms with E-state index >= 15 is 0 Å². The largest absolute Gasteiger partial charge is 0.511 e. The van der Waals surface area contributed by atoms with Crippen molar-refractivity contribution >= 4 is 17.3 Å². The van der Waals surface area contributed by atoms with E-state index in [4.69, 9.17) is 0 Å². The quantitative estimate of drug-likeness (QED) is 0.416. The number of hydrogen-bond donors (Lipinski definition) is 4. The van der Waals surface area contributed by atoms with Gasteiger partial charge < -0.3 is 20.4 Å². The molecular weight excluding hydrogens is 472 g/mol. The second-order valence-corrected chi connectivity index (χ2v) is 12.0. The van der Waals surface area contributed by atoms with Gasteiger partial charge in [-0.05, 0) is 55.2 Å². The van der Waals surface area contributed by atoms with E-state index < -0.39 is 51.0 Å². The van der Waals surface area contributed by atoms with Gasteiger partial charge in [-0.3, -0.25) is 14.4 Å². The fraction of sp³-hybridized carbons (Fsp3) is 0.567. The average molecular weight is 511 g/mol. The fourth-order valence-corrected chi connectivity index (χ4v) is 7.70. The molecule has 0 bridgehead atoms. The molecule has 37 heavy (non-hydrogen) atoms. The molecule has 3 aliphatic carbocycles. The number of aryl methyl sites for hydroxylation is 2. The molecule has 0 radical (unpaired) electrons. The van der Waals surface area contributed by atoms with Gasteiger partial charge in [-0.2, -0.15) is 0 Å². The molecular formula is C30H38O7. The summed E-state index contributed by atoms with van der Waals surface area (Å²) in [7, 11) is 0. The van der Waals surface area contributed by atoms with Gasteiger partial charge >= 0.3 is 0 Å². The van der Waals surface area contributed by atoms with E-state index in [9.17, 15) is 34.8 Å². The molecule has 0 saturated heterocycles. The Morgan fingerprint density at radius 1 is 1.11 bits per heavy atom. The minimum atomic E-state index is -2.58. The van der Waals surface area contributed by atoms with Crippen LogP contribution in [0.3, 0.4) is 0 Å². The molecule has 0 amide bonds.